The molecule has 88 valence electrons. The fourth-order valence-corrected chi connectivity index (χ4v) is 2.56. The monoisotopic (exact) mass is 220 g/mol. The first kappa shape index (κ1) is 11.4. The highest BCUT2D eigenvalue weighted by atomic mass is 16.1. The molecular weight excluding hydrogens is 200 g/mol. The Hall–Kier alpha value is -1.12. The van der Waals surface area contributed by atoms with E-state index in [1.807, 2.05) is 4.57 Å². The summed E-state index contributed by atoms with van der Waals surface area (Å²) in [7, 11) is 0. The van der Waals surface area contributed by atoms with E-state index in [0.717, 1.165) is 24.7 Å². The van der Waals surface area contributed by atoms with Crippen LogP contribution in [0.2, 0.25) is 0 Å². The van der Waals surface area contributed by atoms with Crippen LogP contribution in [0.5, 0.6) is 0 Å². The van der Waals surface area contributed by atoms with E-state index in [2.05, 4.69) is 11.9 Å². The van der Waals surface area contributed by atoms with Crippen LogP contribution in [0.15, 0.2) is 12.5 Å². The zero-order chi connectivity index (χ0) is 11.4. The summed E-state index contributed by atoms with van der Waals surface area (Å²) in [5.74, 6) is 1.76. The third-order valence-corrected chi connectivity index (χ3v) is 3.78. The number of rotatable bonds is 4. The number of aldehydes is 1. The number of carbonyl (C=O) groups excluding carboxylic acids is 1. The lowest BCUT2D eigenvalue weighted by Crippen LogP contribution is -2.14. The number of imidazole rings is 1. The first-order valence-corrected chi connectivity index (χ1v) is 6.25. The molecule has 0 atom stereocenters. The van der Waals surface area contributed by atoms with E-state index in [0.29, 0.717) is 5.69 Å². The van der Waals surface area contributed by atoms with Crippen molar-refractivity contribution in [1.29, 1.82) is 0 Å². The van der Waals surface area contributed by atoms with Crippen molar-refractivity contribution in [3.63, 3.8) is 0 Å². The summed E-state index contributed by atoms with van der Waals surface area (Å²) >= 11 is 0. The Morgan fingerprint density at radius 2 is 2.19 bits per heavy atom. The number of hydrogen-bond acceptors (Lipinski definition) is 2. The molecule has 0 spiro atoms. The number of nitrogens with zero attached hydrogens (tertiary/aromatic N) is 2. The molecule has 1 aromatic rings. The highest BCUT2D eigenvalue weighted by Crippen LogP contribution is 2.30. The van der Waals surface area contributed by atoms with Gasteiger partial charge >= 0.3 is 0 Å². The minimum atomic E-state index is 0.698. The molecule has 0 bridgehead atoms. The van der Waals surface area contributed by atoms with Crippen LogP contribution in [-0.2, 0) is 6.54 Å². The van der Waals surface area contributed by atoms with Gasteiger partial charge in [0.2, 0.25) is 0 Å². The quantitative estimate of drug-likeness (QED) is 0.731. The molecule has 1 heterocycles. The Kier molecular flexibility index (Phi) is 3.75. The van der Waals surface area contributed by atoms with Crippen molar-refractivity contribution in [3.8, 4) is 0 Å². The summed E-state index contributed by atoms with van der Waals surface area (Å²) in [5, 5.41) is 0. The average Bonchev–Trinajstić information content (AvgIpc) is 2.76. The third-order valence-electron chi connectivity index (χ3n) is 3.78. The largest absolute Gasteiger partial charge is 0.328 e. The molecule has 1 aliphatic carbocycles. The minimum absolute atomic E-state index is 0.698. The molecule has 0 unspecified atom stereocenters. The van der Waals surface area contributed by atoms with Crippen molar-refractivity contribution in [2.45, 2.75) is 45.6 Å². The van der Waals surface area contributed by atoms with E-state index in [1.54, 1.807) is 12.5 Å². The summed E-state index contributed by atoms with van der Waals surface area (Å²) in [6.07, 6.45) is 10.9. The molecule has 1 aromatic heterocycles. The Balaban J connectivity index is 1.81. The minimum Gasteiger partial charge on any atom is -0.328 e. The maximum absolute atomic E-state index is 10.7. The molecule has 0 aliphatic heterocycles. The molecule has 1 aliphatic rings. The highest BCUT2D eigenvalue weighted by Gasteiger charge is 2.18. The molecular formula is C13H20N2O. The molecule has 0 amide bonds. The van der Waals surface area contributed by atoms with Gasteiger partial charge in [-0.15, -0.1) is 0 Å². The van der Waals surface area contributed by atoms with Gasteiger partial charge in [0.15, 0.2) is 6.29 Å². The van der Waals surface area contributed by atoms with Gasteiger partial charge in [-0.2, -0.15) is 0 Å². The topological polar surface area (TPSA) is 34.9 Å². The molecule has 0 aromatic carbocycles. The van der Waals surface area contributed by atoms with Gasteiger partial charge in [0.1, 0.15) is 5.69 Å². The van der Waals surface area contributed by atoms with E-state index in [-0.39, 0.29) is 0 Å². The Morgan fingerprint density at radius 1 is 1.44 bits per heavy atom. The SMILES string of the molecule is CC1CCC(CCn2cncc2C=O)CC1. The van der Waals surface area contributed by atoms with Crippen LogP contribution < -0.4 is 0 Å². The first-order valence-electron chi connectivity index (χ1n) is 6.25. The fourth-order valence-electron chi connectivity index (χ4n) is 2.56. The van der Waals surface area contributed by atoms with Crippen LogP contribution in [0.1, 0.15) is 49.5 Å². The second-order valence-corrected chi connectivity index (χ2v) is 5.04. The summed E-state index contributed by atoms with van der Waals surface area (Å²) in [4.78, 5) is 14.7. The van der Waals surface area contributed by atoms with Crippen molar-refractivity contribution in [2.75, 3.05) is 0 Å². The lowest BCUT2D eigenvalue weighted by Gasteiger charge is -2.26. The third kappa shape index (κ3) is 2.71. The Bertz CT molecular complexity index is 337. The molecule has 0 radical (unpaired) electrons. The van der Waals surface area contributed by atoms with Crippen molar-refractivity contribution in [3.05, 3.63) is 18.2 Å². The molecule has 3 heteroatoms. The van der Waals surface area contributed by atoms with Gasteiger partial charge in [0.25, 0.3) is 0 Å². The van der Waals surface area contributed by atoms with Crippen molar-refractivity contribution in [1.82, 2.24) is 9.55 Å². The predicted octanol–water partition coefficient (Wildman–Crippen LogP) is 2.91. The van der Waals surface area contributed by atoms with Gasteiger partial charge < -0.3 is 4.57 Å². The van der Waals surface area contributed by atoms with Crippen molar-refractivity contribution < 1.29 is 4.79 Å². The van der Waals surface area contributed by atoms with Crippen LogP contribution in [-0.4, -0.2) is 15.8 Å². The van der Waals surface area contributed by atoms with Gasteiger partial charge in [-0.25, -0.2) is 4.98 Å². The van der Waals surface area contributed by atoms with Crippen LogP contribution in [0.3, 0.4) is 0 Å². The molecule has 16 heavy (non-hydrogen) atoms. The number of aromatic nitrogens is 2. The number of carbonyl (C=O) groups is 1. The van der Waals surface area contributed by atoms with Crippen LogP contribution in [0, 0.1) is 11.8 Å². The van der Waals surface area contributed by atoms with Crippen LogP contribution >= 0.6 is 0 Å². The molecule has 1 saturated carbocycles. The average molecular weight is 220 g/mol. The van der Waals surface area contributed by atoms with Gasteiger partial charge in [0.05, 0.1) is 12.5 Å². The fraction of sp³-hybridized carbons (Fsp3) is 0.692. The zero-order valence-electron chi connectivity index (χ0n) is 9.93. The van der Waals surface area contributed by atoms with Gasteiger partial charge in [-0.1, -0.05) is 32.6 Å². The van der Waals surface area contributed by atoms with Gasteiger partial charge in [-0.3, -0.25) is 4.79 Å². The van der Waals surface area contributed by atoms with E-state index in [1.165, 1.54) is 32.1 Å². The van der Waals surface area contributed by atoms with Crippen LogP contribution in [0.4, 0.5) is 0 Å². The van der Waals surface area contributed by atoms with Crippen molar-refractivity contribution in [2.24, 2.45) is 11.8 Å². The summed E-state index contributed by atoms with van der Waals surface area (Å²) in [6, 6.07) is 0. The number of hydrogen-bond donors (Lipinski definition) is 0. The summed E-state index contributed by atoms with van der Waals surface area (Å²) in [6.45, 7) is 3.28. The van der Waals surface area contributed by atoms with E-state index in [9.17, 15) is 4.79 Å². The van der Waals surface area contributed by atoms with Crippen molar-refractivity contribution >= 4 is 6.29 Å². The molecule has 0 saturated heterocycles. The molecule has 3 nitrogen and oxygen atoms in total. The normalized spacial score (nSPS) is 25.6. The molecule has 0 N–H and O–H groups in total. The smallest absolute Gasteiger partial charge is 0.168 e. The van der Waals surface area contributed by atoms with Crippen LogP contribution in [0.25, 0.3) is 0 Å². The van der Waals surface area contributed by atoms with E-state index < -0.39 is 0 Å². The predicted molar refractivity (Wildman–Crippen MR) is 63.4 cm³/mol. The van der Waals surface area contributed by atoms with Gasteiger partial charge in [-0.05, 0) is 18.3 Å². The number of aryl methyl sites for hydroxylation is 1. The lowest BCUT2D eigenvalue weighted by molar-refractivity contribution is 0.111. The molecule has 2 rings (SSSR count). The first-order chi connectivity index (χ1) is 7.79. The van der Waals surface area contributed by atoms with E-state index >= 15 is 0 Å². The standard InChI is InChI=1S/C13H20N2O/c1-11-2-4-12(5-3-11)6-7-15-10-14-8-13(15)9-16/h8-12H,2-7H2,1H3. The lowest BCUT2D eigenvalue weighted by atomic mass is 9.81. The maximum atomic E-state index is 10.7. The second-order valence-electron chi connectivity index (χ2n) is 5.04. The van der Waals surface area contributed by atoms with Gasteiger partial charge in [0, 0.05) is 6.54 Å². The second kappa shape index (κ2) is 5.28. The Labute approximate surface area is 96.9 Å². The zero-order valence-corrected chi connectivity index (χ0v) is 9.93. The highest BCUT2D eigenvalue weighted by molar-refractivity contribution is 5.71. The van der Waals surface area contributed by atoms with E-state index in [4.69, 9.17) is 0 Å². The molecule has 1 fully saturated rings. The summed E-state index contributed by atoms with van der Waals surface area (Å²) in [5.41, 5.74) is 0.698. The Morgan fingerprint density at radius 3 is 2.88 bits per heavy atom. The summed E-state index contributed by atoms with van der Waals surface area (Å²) < 4.78 is 1.96. The maximum Gasteiger partial charge on any atom is 0.168 e.